The summed E-state index contributed by atoms with van der Waals surface area (Å²) in [5.74, 6) is -0.291. The number of aryl methyl sites for hydroxylation is 3. The number of amides is 1. The summed E-state index contributed by atoms with van der Waals surface area (Å²) >= 11 is 0. The molecule has 0 unspecified atom stereocenters. The van der Waals surface area contributed by atoms with E-state index in [4.69, 9.17) is 4.74 Å². The standard InChI is InChI=1S/C24H25FN2O4S/c1-16-4-5-17(2)22(14-16)27-32(29,30)23-15-19(7-6-18(23)3)24(28)26-12-13-31-21-10-8-20(25)9-11-21/h4-11,14-15,27H,12-13H2,1-3H3,(H,26,28). The summed E-state index contributed by atoms with van der Waals surface area (Å²) in [6, 6.07) is 15.6. The van der Waals surface area contributed by atoms with Crippen LogP contribution in [0.4, 0.5) is 10.1 Å². The number of ether oxygens (including phenoxy) is 1. The second-order valence-electron chi connectivity index (χ2n) is 7.46. The molecule has 1 amide bonds. The Morgan fingerprint density at radius 1 is 0.938 bits per heavy atom. The molecule has 2 N–H and O–H groups in total. The van der Waals surface area contributed by atoms with Crippen molar-refractivity contribution < 1.29 is 22.3 Å². The molecule has 6 nitrogen and oxygen atoms in total. The zero-order valence-corrected chi connectivity index (χ0v) is 18.9. The molecular weight excluding hydrogens is 431 g/mol. The summed E-state index contributed by atoms with van der Waals surface area (Å²) in [5.41, 5.74) is 2.97. The van der Waals surface area contributed by atoms with Crippen LogP contribution in [0.3, 0.4) is 0 Å². The van der Waals surface area contributed by atoms with Crippen molar-refractivity contribution in [3.05, 3.63) is 88.7 Å². The van der Waals surface area contributed by atoms with Crippen molar-refractivity contribution in [2.45, 2.75) is 25.7 Å². The van der Waals surface area contributed by atoms with E-state index in [0.717, 1.165) is 11.1 Å². The first-order valence-corrected chi connectivity index (χ1v) is 11.5. The van der Waals surface area contributed by atoms with Crippen molar-refractivity contribution >= 4 is 21.6 Å². The molecule has 0 aliphatic heterocycles. The average molecular weight is 457 g/mol. The van der Waals surface area contributed by atoms with Gasteiger partial charge in [0, 0.05) is 5.56 Å². The first-order chi connectivity index (χ1) is 15.2. The van der Waals surface area contributed by atoms with Gasteiger partial charge in [0.1, 0.15) is 18.2 Å². The first kappa shape index (κ1) is 23.3. The lowest BCUT2D eigenvalue weighted by Crippen LogP contribution is -2.28. The molecule has 0 saturated carbocycles. The van der Waals surface area contributed by atoms with Crippen molar-refractivity contribution in [2.24, 2.45) is 0 Å². The molecule has 3 aromatic rings. The molecule has 0 aliphatic carbocycles. The van der Waals surface area contributed by atoms with Crippen LogP contribution >= 0.6 is 0 Å². The van der Waals surface area contributed by atoms with Crippen molar-refractivity contribution in [1.29, 1.82) is 0 Å². The average Bonchev–Trinajstić information content (AvgIpc) is 2.75. The molecule has 0 atom stereocenters. The van der Waals surface area contributed by atoms with Crippen LogP contribution in [-0.2, 0) is 10.0 Å². The van der Waals surface area contributed by atoms with Gasteiger partial charge in [-0.25, -0.2) is 12.8 Å². The van der Waals surface area contributed by atoms with Gasteiger partial charge in [-0.3, -0.25) is 9.52 Å². The van der Waals surface area contributed by atoms with E-state index in [0.29, 0.717) is 17.0 Å². The number of carbonyl (C=O) groups is 1. The van der Waals surface area contributed by atoms with E-state index < -0.39 is 15.9 Å². The fourth-order valence-electron chi connectivity index (χ4n) is 3.04. The van der Waals surface area contributed by atoms with Gasteiger partial charge in [-0.2, -0.15) is 0 Å². The minimum absolute atomic E-state index is 0.0358. The van der Waals surface area contributed by atoms with Crippen LogP contribution in [0.15, 0.2) is 65.6 Å². The van der Waals surface area contributed by atoms with Crippen LogP contribution in [0.25, 0.3) is 0 Å². The number of halogens is 1. The Morgan fingerprint density at radius 2 is 1.62 bits per heavy atom. The Balaban J connectivity index is 1.68. The fraction of sp³-hybridized carbons (Fsp3) is 0.208. The number of hydrogen-bond donors (Lipinski definition) is 2. The Kier molecular flexibility index (Phi) is 7.15. The third kappa shape index (κ3) is 5.85. The summed E-state index contributed by atoms with van der Waals surface area (Å²) in [6.45, 7) is 5.76. The van der Waals surface area contributed by atoms with Gasteiger partial charge < -0.3 is 10.1 Å². The molecule has 0 spiro atoms. The summed E-state index contributed by atoms with van der Waals surface area (Å²) in [6.07, 6.45) is 0. The highest BCUT2D eigenvalue weighted by Gasteiger charge is 2.20. The maximum Gasteiger partial charge on any atom is 0.262 e. The highest BCUT2D eigenvalue weighted by Crippen LogP contribution is 2.24. The molecule has 32 heavy (non-hydrogen) atoms. The minimum atomic E-state index is -3.89. The van der Waals surface area contributed by atoms with Gasteiger partial charge in [0.2, 0.25) is 0 Å². The topological polar surface area (TPSA) is 84.5 Å². The van der Waals surface area contributed by atoms with Gasteiger partial charge >= 0.3 is 0 Å². The quantitative estimate of drug-likeness (QED) is 0.493. The monoisotopic (exact) mass is 456 g/mol. The van der Waals surface area contributed by atoms with Crippen molar-refractivity contribution in [2.75, 3.05) is 17.9 Å². The van der Waals surface area contributed by atoms with E-state index in [-0.39, 0.29) is 29.4 Å². The molecule has 0 aromatic heterocycles. The van der Waals surface area contributed by atoms with Gasteiger partial charge in [0.15, 0.2) is 0 Å². The van der Waals surface area contributed by atoms with Crippen LogP contribution in [-0.4, -0.2) is 27.5 Å². The van der Waals surface area contributed by atoms with Crippen LogP contribution < -0.4 is 14.8 Å². The molecule has 0 fully saturated rings. The number of anilines is 1. The smallest absolute Gasteiger partial charge is 0.262 e. The van der Waals surface area contributed by atoms with E-state index >= 15 is 0 Å². The van der Waals surface area contributed by atoms with E-state index in [2.05, 4.69) is 10.0 Å². The van der Waals surface area contributed by atoms with E-state index in [1.807, 2.05) is 26.0 Å². The van der Waals surface area contributed by atoms with Crippen molar-refractivity contribution in [1.82, 2.24) is 5.32 Å². The maximum absolute atomic E-state index is 13.0. The number of carbonyl (C=O) groups excluding carboxylic acids is 1. The minimum Gasteiger partial charge on any atom is -0.492 e. The highest BCUT2D eigenvalue weighted by molar-refractivity contribution is 7.92. The van der Waals surface area contributed by atoms with Gasteiger partial charge in [-0.15, -0.1) is 0 Å². The summed E-state index contributed by atoms with van der Waals surface area (Å²) < 4.78 is 47.0. The Morgan fingerprint density at radius 3 is 2.34 bits per heavy atom. The lowest BCUT2D eigenvalue weighted by molar-refractivity contribution is 0.0946. The third-order valence-electron chi connectivity index (χ3n) is 4.85. The molecule has 3 rings (SSSR count). The second kappa shape index (κ2) is 9.82. The number of sulfonamides is 1. The van der Waals surface area contributed by atoms with Crippen LogP contribution in [0.5, 0.6) is 5.75 Å². The molecule has 8 heteroatoms. The molecule has 0 radical (unpaired) electrons. The zero-order valence-electron chi connectivity index (χ0n) is 18.1. The summed E-state index contributed by atoms with van der Waals surface area (Å²) in [7, 11) is -3.89. The Labute approximate surface area is 187 Å². The SMILES string of the molecule is Cc1ccc(C)c(NS(=O)(=O)c2cc(C(=O)NCCOc3ccc(F)cc3)ccc2C)c1. The predicted molar refractivity (Wildman–Crippen MR) is 122 cm³/mol. The predicted octanol–water partition coefficient (Wildman–Crippen LogP) is 4.36. The van der Waals surface area contributed by atoms with Crippen molar-refractivity contribution in [3.63, 3.8) is 0 Å². The lowest BCUT2D eigenvalue weighted by Gasteiger charge is -2.14. The van der Waals surface area contributed by atoms with E-state index in [1.54, 1.807) is 25.1 Å². The van der Waals surface area contributed by atoms with E-state index in [9.17, 15) is 17.6 Å². The first-order valence-electron chi connectivity index (χ1n) is 10.0. The van der Waals surface area contributed by atoms with Gasteiger partial charge in [-0.05, 0) is 79.9 Å². The molecule has 0 heterocycles. The highest BCUT2D eigenvalue weighted by atomic mass is 32.2. The third-order valence-corrected chi connectivity index (χ3v) is 6.35. The van der Waals surface area contributed by atoms with E-state index in [1.165, 1.54) is 30.3 Å². The molecule has 0 saturated heterocycles. The maximum atomic E-state index is 13.0. The van der Waals surface area contributed by atoms with Crippen molar-refractivity contribution in [3.8, 4) is 5.75 Å². The van der Waals surface area contributed by atoms with Gasteiger partial charge in [-0.1, -0.05) is 18.2 Å². The molecule has 3 aromatic carbocycles. The second-order valence-corrected chi connectivity index (χ2v) is 9.11. The van der Waals surface area contributed by atoms with Crippen LogP contribution in [0, 0.1) is 26.6 Å². The van der Waals surface area contributed by atoms with Gasteiger partial charge in [0.05, 0.1) is 17.1 Å². The number of nitrogens with one attached hydrogen (secondary N) is 2. The molecule has 168 valence electrons. The largest absolute Gasteiger partial charge is 0.492 e. The number of hydrogen-bond acceptors (Lipinski definition) is 4. The molecule has 0 bridgehead atoms. The fourth-order valence-corrected chi connectivity index (χ4v) is 4.44. The summed E-state index contributed by atoms with van der Waals surface area (Å²) in [4.78, 5) is 12.6. The number of benzene rings is 3. The Bertz CT molecular complexity index is 1230. The lowest BCUT2D eigenvalue weighted by atomic mass is 10.1. The van der Waals surface area contributed by atoms with Gasteiger partial charge in [0.25, 0.3) is 15.9 Å². The zero-order chi connectivity index (χ0) is 23.3. The molecular formula is C24H25FN2O4S. The Hall–Kier alpha value is -3.39. The van der Waals surface area contributed by atoms with Crippen LogP contribution in [0.1, 0.15) is 27.0 Å². The number of rotatable bonds is 8. The summed E-state index contributed by atoms with van der Waals surface area (Å²) in [5, 5.41) is 2.69. The van der Waals surface area contributed by atoms with Crippen LogP contribution in [0.2, 0.25) is 0 Å². The normalized spacial score (nSPS) is 11.1. The molecule has 0 aliphatic rings.